The molecule has 9 heteroatoms. The summed E-state index contributed by atoms with van der Waals surface area (Å²) < 4.78 is 23.7. The van der Waals surface area contributed by atoms with Crippen molar-refractivity contribution in [1.29, 1.82) is 0 Å². The molecule has 0 saturated heterocycles. The Morgan fingerprint density at radius 3 is 1.00 bits per heavy atom. The highest BCUT2D eigenvalue weighted by molar-refractivity contribution is 7.47. The van der Waals surface area contributed by atoms with E-state index in [4.69, 9.17) is 9.05 Å². The molecule has 0 aliphatic carbocycles. The fourth-order valence-corrected chi connectivity index (χ4v) is 11.1. The van der Waals surface area contributed by atoms with Crippen molar-refractivity contribution in [2.24, 2.45) is 0 Å². The van der Waals surface area contributed by atoms with Crippen molar-refractivity contribution < 1.29 is 32.9 Å². The van der Waals surface area contributed by atoms with Crippen molar-refractivity contribution >= 4 is 13.7 Å². The number of aliphatic hydroxyl groups excluding tert-OH is 1. The zero-order chi connectivity index (χ0) is 54.2. The van der Waals surface area contributed by atoms with Crippen molar-refractivity contribution in [3.8, 4) is 0 Å². The number of phosphoric ester groups is 1. The van der Waals surface area contributed by atoms with Gasteiger partial charge in [0.05, 0.1) is 39.9 Å². The molecule has 442 valence electrons. The number of rotatable bonds is 62. The third-order valence-electron chi connectivity index (χ3n) is 15.5. The molecule has 0 bridgehead atoms. The number of allylic oxidation sites excluding steroid dienone is 1. The van der Waals surface area contributed by atoms with Gasteiger partial charge in [-0.3, -0.25) is 13.8 Å². The maximum atomic E-state index is 13.0. The van der Waals surface area contributed by atoms with Crippen LogP contribution in [-0.2, 0) is 18.4 Å². The van der Waals surface area contributed by atoms with Crippen LogP contribution in [0, 0.1) is 0 Å². The van der Waals surface area contributed by atoms with Gasteiger partial charge in [-0.1, -0.05) is 334 Å². The zero-order valence-corrected chi connectivity index (χ0v) is 51.5. The van der Waals surface area contributed by atoms with E-state index in [0.29, 0.717) is 17.4 Å². The molecule has 1 unspecified atom stereocenters. The van der Waals surface area contributed by atoms with E-state index in [-0.39, 0.29) is 19.1 Å². The van der Waals surface area contributed by atoms with Crippen molar-refractivity contribution in [1.82, 2.24) is 5.32 Å². The fourth-order valence-electron chi connectivity index (χ4n) is 10.3. The topological polar surface area (TPSA) is 105 Å². The second-order valence-corrected chi connectivity index (χ2v) is 25.7. The number of carbonyl (C=O) groups excluding carboxylic acids is 1. The number of quaternary nitrogens is 1. The quantitative estimate of drug-likeness (QED) is 0.0243. The molecule has 0 saturated carbocycles. The Kier molecular flexibility index (Phi) is 56.4. The summed E-state index contributed by atoms with van der Waals surface area (Å²) in [5.74, 6) is -0.169. The average Bonchev–Trinajstić information content (AvgIpc) is 3.36. The molecule has 0 fully saturated rings. The Morgan fingerprint density at radius 1 is 0.446 bits per heavy atom. The molecule has 0 aliphatic heterocycles. The molecule has 8 nitrogen and oxygen atoms in total. The number of unbranched alkanes of at least 4 members (excludes halogenated alkanes) is 49. The van der Waals surface area contributed by atoms with Gasteiger partial charge in [-0.2, -0.15) is 0 Å². The number of aliphatic hydroxyl groups is 1. The van der Waals surface area contributed by atoms with Crippen LogP contribution in [0.4, 0.5) is 0 Å². The fraction of sp³-hybridized carbons (Fsp3) is 0.954. The number of hydrogen-bond acceptors (Lipinski definition) is 5. The largest absolute Gasteiger partial charge is 0.472 e. The zero-order valence-electron chi connectivity index (χ0n) is 50.6. The second kappa shape index (κ2) is 56.9. The Labute approximate surface area is 462 Å². The van der Waals surface area contributed by atoms with Gasteiger partial charge >= 0.3 is 7.82 Å². The summed E-state index contributed by atoms with van der Waals surface area (Å²) in [5, 5.41) is 14.0. The summed E-state index contributed by atoms with van der Waals surface area (Å²) in [6, 6.07) is -0.842. The van der Waals surface area contributed by atoms with Crippen molar-refractivity contribution in [3.63, 3.8) is 0 Å². The van der Waals surface area contributed by atoms with Crippen LogP contribution in [0.5, 0.6) is 0 Å². The highest BCUT2D eigenvalue weighted by Gasteiger charge is 2.28. The van der Waals surface area contributed by atoms with Gasteiger partial charge in [0, 0.05) is 6.42 Å². The number of nitrogens with zero attached hydrogens (tertiary/aromatic N) is 1. The Hall–Kier alpha value is -0.760. The molecular formula is C65H132N2O6P+. The molecule has 74 heavy (non-hydrogen) atoms. The highest BCUT2D eigenvalue weighted by atomic mass is 31.2. The molecule has 3 atom stereocenters. The molecule has 0 heterocycles. The van der Waals surface area contributed by atoms with E-state index in [1.54, 1.807) is 6.08 Å². The van der Waals surface area contributed by atoms with Gasteiger partial charge in [-0.25, -0.2) is 4.57 Å². The second-order valence-electron chi connectivity index (χ2n) is 24.2. The Bertz CT molecular complexity index is 1210. The van der Waals surface area contributed by atoms with Crippen molar-refractivity contribution in [3.05, 3.63) is 12.2 Å². The van der Waals surface area contributed by atoms with E-state index < -0.39 is 20.0 Å². The molecule has 0 aromatic carbocycles. The van der Waals surface area contributed by atoms with E-state index in [9.17, 15) is 19.4 Å². The number of amides is 1. The maximum absolute atomic E-state index is 13.0. The first-order chi connectivity index (χ1) is 36.0. The third-order valence-corrected chi connectivity index (χ3v) is 16.5. The van der Waals surface area contributed by atoms with Gasteiger partial charge in [-0.05, 0) is 19.3 Å². The van der Waals surface area contributed by atoms with Crippen LogP contribution in [0.25, 0.3) is 0 Å². The first-order valence-corrected chi connectivity index (χ1v) is 34.6. The van der Waals surface area contributed by atoms with Crippen LogP contribution in [0.2, 0.25) is 0 Å². The Morgan fingerprint density at radius 2 is 0.716 bits per heavy atom. The predicted molar refractivity (Wildman–Crippen MR) is 323 cm³/mol. The molecule has 1 amide bonds. The van der Waals surface area contributed by atoms with Gasteiger partial charge in [0.25, 0.3) is 0 Å². The standard InChI is InChI=1S/C65H131N2O6P/c1-6-8-10-12-14-16-18-20-22-24-25-26-27-28-29-30-31-32-33-34-35-36-37-38-39-40-41-42-43-45-47-49-51-53-55-57-59-65(69)66-63(62-73-74(70,71)72-61-60-67(3,4)5)64(68)58-56-54-52-50-48-46-44-23-21-19-17-15-13-11-9-7-2/h56,58,63-64,68H,6-55,57,59-62H2,1-5H3,(H-,66,69,70,71)/p+1/b58-56+/t63-,64+/m0/s1. The first-order valence-electron chi connectivity index (χ1n) is 33.1. The summed E-state index contributed by atoms with van der Waals surface area (Å²) in [4.78, 5) is 23.3. The van der Waals surface area contributed by atoms with Crippen molar-refractivity contribution in [2.45, 2.75) is 360 Å². The molecule has 0 aromatic heterocycles. The van der Waals surface area contributed by atoms with Gasteiger partial charge in [0.2, 0.25) is 5.91 Å². The minimum atomic E-state index is -4.34. The molecule has 0 rings (SSSR count). The van der Waals surface area contributed by atoms with Gasteiger partial charge in [0.1, 0.15) is 13.2 Å². The molecule has 0 aliphatic rings. The van der Waals surface area contributed by atoms with E-state index in [1.165, 1.54) is 295 Å². The smallest absolute Gasteiger partial charge is 0.387 e. The number of phosphoric acid groups is 1. The lowest BCUT2D eigenvalue weighted by atomic mass is 10.0. The lowest BCUT2D eigenvalue weighted by Crippen LogP contribution is -2.45. The normalized spacial score (nSPS) is 13.8. The number of carbonyl (C=O) groups is 1. The summed E-state index contributed by atoms with van der Waals surface area (Å²) in [6.45, 7) is 4.87. The highest BCUT2D eigenvalue weighted by Crippen LogP contribution is 2.43. The lowest BCUT2D eigenvalue weighted by molar-refractivity contribution is -0.870. The summed E-state index contributed by atoms with van der Waals surface area (Å²) >= 11 is 0. The van der Waals surface area contributed by atoms with E-state index in [2.05, 4.69) is 19.2 Å². The number of likely N-dealkylation sites (N-methyl/N-ethyl adjacent to an activating group) is 1. The predicted octanol–water partition coefficient (Wildman–Crippen LogP) is 20.6. The molecule has 3 N–H and O–H groups in total. The van der Waals surface area contributed by atoms with Crippen LogP contribution in [-0.4, -0.2) is 73.4 Å². The average molecular weight is 1070 g/mol. The van der Waals surface area contributed by atoms with Crippen LogP contribution in [0.3, 0.4) is 0 Å². The van der Waals surface area contributed by atoms with Gasteiger partial charge in [0.15, 0.2) is 0 Å². The molecule has 0 spiro atoms. The third kappa shape index (κ3) is 58.9. The van der Waals surface area contributed by atoms with E-state index in [1.807, 2.05) is 27.2 Å². The van der Waals surface area contributed by atoms with Crippen LogP contribution < -0.4 is 5.32 Å². The van der Waals surface area contributed by atoms with Gasteiger partial charge < -0.3 is 19.8 Å². The maximum Gasteiger partial charge on any atom is 0.472 e. The van der Waals surface area contributed by atoms with Crippen LogP contribution in [0.1, 0.15) is 348 Å². The van der Waals surface area contributed by atoms with Crippen LogP contribution in [0.15, 0.2) is 12.2 Å². The Balaban J connectivity index is 3.91. The lowest BCUT2D eigenvalue weighted by Gasteiger charge is -2.25. The van der Waals surface area contributed by atoms with E-state index >= 15 is 0 Å². The van der Waals surface area contributed by atoms with Crippen molar-refractivity contribution in [2.75, 3.05) is 40.9 Å². The minimum Gasteiger partial charge on any atom is -0.387 e. The molecule has 0 radical (unpaired) electrons. The minimum absolute atomic E-state index is 0.0652. The molecular weight excluding hydrogens is 936 g/mol. The number of nitrogens with one attached hydrogen (secondary N) is 1. The summed E-state index contributed by atoms with van der Waals surface area (Å²) in [6.07, 6.45) is 72.2. The molecule has 0 aromatic rings. The summed E-state index contributed by atoms with van der Waals surface area (Å²) in [7, 11) is 1.59. The summed E-state index contributed by atoms with van der Waals surface area (Å²) in [5.41, 5.74) is 0. The van der Waals surface area contributed by atoms with Crippen LogP contribution >= 0.6 is 7.82 Å². The number of hydrogen-bond donors (Lipinski definition) is 3. The van der Waals surface area contributed by atoms with Gasteiger partial charge in [-0.15, -0.1) is 0 Å². The first kappa shape index (κ1) is 73.2. The SMILES string of the molecule is CCCCCCCCCCCCCCCC/C=C/[C@@H](O)[C@H](COP(=O)(O)OCC[N+](C)(C)C)NC(=O)CCCCCCCCCCCCCCCCCCCCCCCCCCCCCCCCCCCCCC. The van der Waals surface area contributed by atoms with E-state index in [0.717, 1.165) is 32.1 Å². The monoisotopic (exact) mass is 1070 g/mol.